The minimum absolute atomic E-state index is 0.398. The second kappa shape index (κ2) is 3.61. The molecule has 0 aromatic heterocycles. The van der Waals surface area contributed by atoms with Gasteiger partial charge < -0.3 is 4.55 Å². The Balaban J connectivity index is 4.41. The van der Waals surface area contributed by atoms with Crippen LogP contribution in [0.2, 0.25) is 0 Å². The third kappa shape index (κ3) is 4.55. The van der Waals surface area contributed by atoms with Crippen LogP contribution < -0.4 is 0 Å². The predicted molar refractivity (Wildman–Crippen MR) is 34.4 cm³/mol. The highest BCUT2D eigenvalue weighted by Crippen LogP contribution is 2.29. The zero-order valence-electron chi connectivity index (χ0n) is 6.26. The summed E-state index contributed by atoms with van der Waals surface area (Å²) in [4.78, 5) is 0. The molecule has 0 aliphatic carbocycles. The molecular formula is C5H8F3O3S-. The van der Waals surface area contributed by atoms with E-state index in [1.165, 1.54) is 6.92 Å². The lowest BCUT2D eigenvalue weighted by Gasteiger charge is -2.19. The van der Waals surface area contributed by atoms with E-state index >= 15 is 0 Å². The topological polar surface area (TPSA) is 57.2 Å². The molecule has 0 saturated heterocycles. The number of hydrogen-bond donors (Lipinski definition) is 0. The van der Waals surface area contributed by atoms with Gasteiger partial charge in [0.05, 0.1) is 16.0 Å². The molecule has 12 heavy (non-hydrogen) atoms. The van der Waals surface area contributed by atoms with Gasteiger partial charge in [0.2, 0.25) is 0 Å². The molecule has 74 valence electrons. The van der Waals surface area contributed by atoms with Crippen molar-refractivity contribution in [1.29, 1.82) is 0 Å². The molecular weight excluding hydrogens is 197 g/mol. The van der Waals surface area contributed by atoms with Gasteiger partial charge in [-0.15, -0.1) is 0 Å². The molecule has 0 aliphatic rings. The summed E-state index contributed by atoms with van der Waals surface area (Å²) < 4.78 is 65.5. The molecule has 0 fully saturated rings. The Morgan fingerprint density at radius 2 is 1.83 bits per heavy atom. The summed E-state index contributed by atoms with van der Waals surface area (Å²) in [5.74, 6) is -3.41. The van der Waals surface area contributed by atoms with Crippen molar-refractivity contribution in [2.75, 3.05) is 5.75 Å². The van der Waals surface area contributed by atoms with Gasteiger partial charge in [-0.25, -0.2) is 8.42 Å². The Morgan fingerprint density at radius 3 is 1.92 bits per heavy atom. The Morgan fingerprint density at radius 1 is 1.42 bits per heavy atom. The van der Waals surface area contributed by atoms with Crippen LogP contribution in [0, 0.1) is 5.92 Å². The van der Waals surface area contributed by atoms with Crippen molar-refractivity contribution in [3.63, 3.8) is 0 Å². The van der Waals surface area contributed by atoms with Gasteiger partial charge in [-0.2, -0.15) is 13.2 Å². The molecule has 0 spiro atoms. The first kappa shape index (κ1) is 11.7. The highest BCUT2D eigenvalue weighted by Gasteiger charge is 2.39. The Hall–Kier alpha value is -0.300. The summed E-state index contributed by atoms with van der Waals surface area (Å²) >= 11 is 0. The number of alkyl halides is 3. The smallest absolute Gasteiger partial charge is 0.392 e. The van der Waals surface area contributed by atoms with Gasteiger partial charge in [0.25, 0.3) is 0 Å². The van der Waals surface area contributed by atoms with E-state index < -0.39 is 34.4 Å². The maximum Gasteiger partial charge on any atom is 0.392 e. The van der Waals surface area contributed by atoms with Gasteiger partial charge in [-0.3, -0.25) is 0 Å². The van der Waals surface area contributed by atoms with Crippen LogP contribution in [0.15, 0.2) is 0 Å². The monoisotopic (exact) mass is 205 g/mol. The summed E-state index contributed by atoms with van der Waals surface area (Å²) in [5, 5.41) is 0. The van der Waals surface area contributed by atoms with Crippen molar-refractivity contribution in [1.82, 2.24) is 0 Å². The summed E-state index contributed by atoms with van der Waals surface area (Å²) in [5.41, 5.74) is 0. The van der Waals surface area contributed by atoms with Crippen molar-refractivity contribution in [2.24, 2.45) is 5.92 Å². The maximum absolute atomic E-state index is 11.8. The third-order valence-corrected chi connectivity index (χ3v) is 2.17. The van der Waals surface area contributed by atoms with Crippen LogP contribution in [0.1, 0.15) is 13.3 Å². The second-order valence-corrected chi connectivity index (χ2v) is 3.82. The van der Waals surface area contributed by atoms with Gasteiger partial charge in [-0.1, -0.05) is 6.92 Å². The SMILES string of the molecule is CCC(CS(=O)(=O)[O-])C(F)(F)F. The van der Waals surface area contributed by atoms with Crippen molar-refractivity contribution in [2.45, 2.75) is 19.5 Å². The highest BCUT2D eigenvalue weighted by atomic mass is 32.2. The molecule has 1 unspecified atom stereocenters. The predicted octanol–water partition coefficient (Wildman–Crippen LogP) is 1.12. The molecule has 0 saturated carbocycles. The summed E-state index contributed by atoms with van der Waals surface area (Å²) in [6.07, 6.45) is -5.00. The van der Waals surface area contributed by atoms with Crippen molar-refractivity contribution in [3.8, 4) is 0 Å². The Kier molecular flexibility index (Phi) is 3.52. The van der Waals surface area contributed by atoms with E-state index in [0.717, 1.165) is 0 Å². The van der Waals surface area contributed by atoms with E-state index in [1.54, 1.807) is 0 Å². The Bertz CT molecular complexity index is 231. The molecule has 0 bridgehead atoms. The number of halogens is 3. The molecule has 0 aliphatic heterocycles. The molecule has 0 rings (SSSR count). The van der Waals surface area contributed by atoms with Crippen molar-refractivity contribution < 1.29 is 26.1 Å². The fraction of sp³-hybridized carbons (Fsp3) is 1.00. The fourth-order valence-electron chi connectivity index (χ4n) is 0.690. The lowest BCUT2D eigenvalue weighted by molar-refractivity contribution is -0.169. The first-order valence-electron chi connectivity index (χ1n) is 3.17. The Labute approximate surface area is 68.3 Å². The second-order valence-electron chi connectivity index (χ2n) is 2.37. The highest BCUT2D eigenvalue weighted by molar-refractivity contribution is 7.85. The third-order valence-electron chi connectivity index (χ3n) is 1.36. The first-order chi connectivity index (χ1) is 5.17. The van der Waals surface area contributed by atoms with Crippen LogP contribution in [-0.4, -0.2) is 24.9 Å². The van der Waals surface area contributed by atoms with E-state index in [-0.39, 0.29) is 0 Å². The van der Waals surface area contributed by atoms with Crippen LogP contribution in [0.25, 0.3) is 0 Å². The summed E-state index contributed by atoms with van der Waals surface area (Å²) in [6, 6.07) is 0. The minimum Gasteiger partial charge on any atom is -0.748 e. The molecule has 0 N–H and O–H groups in total. The summed E-state index contributed by atoms with van der Waals surface area (Å²) in [7, 11) is -4.79. The summed E-state index contributed by atoms with van der Waals surface area (Å²) in [6.45, 7) is 1.18. The van der Waals surface area contributed by atoms with E-state index in [4.69, 9.17) is 0 Å². The molecule has 7 heteroatoms. The molecule has 0 heterocycles. The van der Waals surface area contributed by atoms with E-state index in [0.29, 0.717) is 0 Å². The lowest BCUT2D eigenvalue weighted by Crippen LogP contribution is -2.29. The van der Waals surface area contributed by atoms with Gasteiger partial charge in [0.15, 0.2) is 0 Å². The average molecular weight is 205 g/mol. The van der Waals surface area contributed by atoms with Crippen LogP contribution in [0.4, 0.5) is 13.2 Å². The fourth-order valence-corrected chi connectivity index (χ4v) is 1.61. The van der Waals surface area contributed by atoms with Crippen LogP contribution in [0.3, 0.4) is 0 Å². The van der Waals surface area contributed by atoms with E-state index in [9.17, 15) is 26.1 Å². The maximum atomic E-state index is 11.8. The van der Waals surface area contributed by atoms with E-state index in [1.807, 2.05) is 0 Å². The quantitative estimate of drug-likeness (QED) is 0.648. The van der Waals surface area contributed by atoms with Crippen LogP contribution >= 0.6 is 0 Å². The van der Waals surface area contributed by atoms with Gasteiger partial charge in [-0.05, 0) is 6.42 Å². The zero-order valence-corrected chi connectivity index (χ0v) is 7.07. The van der Waals surface area contributed by atoms with Gasteiger partial charge in [0.1, 0.15) is 0 Å². The van der Waals surface area contributed by atoms with E-state index in [2.05, 4.69) is 0 Å². The molecule has 3 nitrogen and oxygen atoms in total. The lowest BCUT2D eigenvalue weighted by atomic mass is 10.1. The molecule has 0 radical (unpaired) electrons. The van der Waals surface area contributed by atoms with Gasteiger partial charge in [0, 0.05) is 5.75 Å². The minimum atomic E-state index is -4.79. The molecule has 0 amide bonds. The molecule has 0 aromatic carbocycles. The average Bonchev–Trinajstić information content (AvgIpc) is 1.78. The van der Waals surface area contributed by atoms with Crippen LogP contribution in [-0.2, 0) is 10.1 Å². The largest absolute Gasteiger partial charge is 0.748 e. The van der Waals surface area contributed by atoms with Crippen LogP contribution in [0.5, 0.6) is 0 Å². The van der Waals surface area contributed by atoms with Gasteiger partial charge >= 0.3 is 6.18 Å². The molecule has 0 aromatic rings. The normalized spacial score (nSPS) is 16.1. The van der Waals surface area contributed by atoms with Crippen molar-refractivity contribution in [3.05, 3.63) is 0 Å². The number of hydrogen-bond acceptors (Lipinski definition) is 3. The standard InChI is InChI=1S/C5H9F3O3S/c1-2-4(5(6,7)8)3-12(9,10)11/h4H,2-3H2,1H3,(H,9,10,11)/p-1. The zero-order chi connectivity index (χ0) is 9.99. The number of rotatable bonds is 3. The first-order valence-corrected chi connectivity index (χ1v) is 4.75. The van der Waals surface area contributed by atoms with Crippen molar-refractivity contribution >= 4 is 10.1 Å². The molecule has 1 atom stereocenters.